The van der Waals surface area contributed by atoms with E-state index in [1.54, 1.807) is 0 Å². The normalized spacial score (nSPS) is 17.0. The largest absolute Gasteiger partial charge is 0.343 e. The van der Waals surface area contributed by atoms with Crippen LogP contribution >= 0.6 is 12.4 Å². The number of halogens is 1. The highest BCUT2D eigenvalue weighted by Gasteiger charge is 2.21. The van der Waals surface area contributed by atoms with Crippen LogP contribution in [-0.2, 0) is 13.0 Å². The van der Waals surface area contributed by atoms with E-state index in [9.17, 15) is 0 Å². The molecule has 6 heteroatoms. The summed E-state index contributed by atoms with van der Waals surface area (Å²) in [5.41, 5.74) is 2.67. The van der Waals surface area contributed by atoms with Gasteiger partial charge in [0.25, 0.3) is 0 Å². The van der Waals surface area contributed by atoms with Crippen LogP contribution in [0.25, 0.3) is 0 Å². The predicted octanol–water partition coefficient (Wildman–Crippen LogP) is 2.02. The summed E-state index contributed by atoms with van der Waals surface area (Å²) in [4.78, 5) is 4.01. The van der Waals surface area contributed by atoms with Crippen LogP contribution in [0.3, 0.4) is 0 Å². The Hall–Kier alpha value is -1.75. The molecule has 0 saturated carbocycles. The van der Waals surface area contributed by atoms with E-state index >= 15 is 0 Å². The summed E-state index contributed by atoms with van der Waals surface area (Å²) in [6, 6.07) is 8.41. The number of nitrogens with zero attached hydrogens (tertiary/aromatic N) is 2. The predicted molar refractivity (Wildman–Crippen MR) is 87.2 cm³/mol. The van der Waals surface area contributed by atoms with Crippen LogP contribution in [0, 0.1) is 10.8 Å². The number of hydrogen-bond donors (Lipinski definition) is 3. The first-order valence-electron chi connectivity index (χ1n) is 7.25. The van der Waals surface area contributed by atoms with E-state index in [0.29, 0.717) is 11.9 Å². The Morgan fingerprint density at radius 2 is 1.52 bits per heavy atom. The maximum absolute atomic E-state index is 8.17. The highest BCUT2D eigenvalue weighted by atomic mass is 35.5. The number of likely N-dealkylation sites (tertiary alicyclic amines) is 1. The zero-order valence-electron chi connectivity index (χ0n) is 12.1. The fourth-order valence-electron chi connectivity index (χ4n) is 2.90. The molecule has 0 spiro atoms. The van der Waals surface area contributed by atoms with E-state index in [1.807, 2.05) is 15.9 Å². The van der Waals surface area contributed by atoms with Crippen molar-refractivity contribution in [2.24, 2.45) is 0 Å². The van der Waals surface area contributed by atoms with Crippen LogP contribution in [-0.4, -0.2) is 41.4 Å². The number of hydrogen-bond acceptors (Lipinski definition) is 2. The minimum atomic E-state index is 0. The van der Waals surface area contributed by atoms with Gasteiger partial charge in [0.15, 0.2) is 11.9 Å². The maximum Gasteiger partial charge on any atom is 0.198 e. The molecular formula is C15H22ClN5. The van der Waals surface area contributed by atoms with E-state index in [4.69, 9.17) is 10.8 Å². The Morgan fingerprint density at radius 3 is 2.24 bits per heavy atom. The Labute approximate surface area is 131 Å². The van der Waals surface area contributed by atoms with Crippen molar-refractivity contribution in [2.45, 2.75) is 25.8 Å². The molecule has 5 nitrogen and oxygen atoms in total. The van der Waals surface area contributed by atoms with Gasteiger partial charge in [-0.3, -0.25) is 16.1 Å². The number of rotatable bonds is 0. The molecule has 2 heterocycles. The molecule has 0 aliphatic carbocycles. The average Bonchev–Trinajstić information content (AvgIpc) is 3.01. The molecule has 2 aliphatic heterocycles. The zero-order chi connectivity index (χ0) is 13.9. The Kier molecular flexibility index (Phi) is 5.07. The van der Waals surface area contributed by atoms with Crippen molar-refractivity contribution >= 4 is 24.3 Å². The Morgan fingerprint density at radius 1 is 0.905 bits per heavy atom. The first-order valence-corrected chi connectivity index (χ1v) is 7.25. The fourth-order valence-corrected chi connectivity index (χ4v) is 2.90. The minimum Gasteiger partial charge on any atom is -0.343 e. The van der Waals surface area contributed by atoms with Crippen molar-refractivity contribution in [1.82, 2.24) is 15.1 Å². The molecule has 1 saturated heterocycles. The van der Waals surface area contributed by atoms with E-state index in [1.165, 1.54) is 11.1 Å². The number of benzene rings is 1. The molecular weight excluding hydrogens is 286 g/mol. The van der Waals surface area contributed by atoms with E-state index in [2.05, 4.69) is 23.5 Å². The van der Waals surface area contributed by atoms with Crippen molar-refractivity contribution in [1.29, 1.82) is 10.8 Å². The lowest BCUT2D eigenvalue weighted by atomic mass is 10.0. The second-order valence-electron chi connectivity index (χ2n) is 5.46. The molecule has 0 unspecified atom stereocenters. The summed E-state index contributed by atoms with van der Waals surface area (Å²) in [6.45, 7) is 3.47. The van der Waals surface area contributed by atoms with E-state index in [-0.39, 0.29) is 12.4 Å². The second-order valence-corrected chi connectivity index (χ2v) is 5.46. The molecule has 1 aromatic rings. The SMILES string of the molecule is Cl.N=C(NC(=N)N1CCc2ccccc2C1)N1CCCC1. The number of fused-ring (bicyclic) bond motifs is 1. The summed E-state index contributed by atoms with van der Waals surface area (Å²) in [5.74, 6) is 0.711. The van der Waals surface area contributed by atoms with Gasteiger partial charge in [0, 0.05) is 26.2 Å². The van der Waals surface area contributed by atoms with Gasteiger partial charge in [0.05, 0.1) is 0 Å². The molecule has 3 rings (SSSR count). The molecule has 0 atom stereocenters. The van der Waals surface area contributed by atoms with Gasteiger partial charge in [0.1, 0.15) is 0 Å². The molecule has 2 aliphatic rings. The molecule has 3 N–H and O–H groups in total. The maximum atomic E-state index is 8.17. The second kappa shape index (κ2) is 6.80. The minimum absolute atomic E-state index is 0. The lowest BCUT2D eigenvalue weighted by Crippen LogP contribution is -2.49. The summed E-state index contributed by atoms with van der Waals surface area (Å²) in [7, 11) is 0. The van der Waals surface area contributed by atoms with Crippen LogP contribution < -0.4 is 5.32 Å². The standard InChI is InChI=1S/C15H21N5.ClH/c16-14(19-8-3-4-9-19)18-15(17)20-10-7-12-5-1-2-6-13(12)11-20;/h1-2,5-6H,3-4,7-11H2,(H3,16,17,18);1H. The lowest BCUT2D eigenvalue weighted by Gasteiger charge is -2.32. The van der Waals surface area contributed by atoms with Crippen molar-refractivity contribution in [3.8, 4) is 0 Å². The highest BCUT2D eigenvalue weighted by Crippen LogP contribution is 2.18. The van der Waals surface area contributed by atoms with Crippen molar-refractivity contribution < 1.29 is 0 Å². The smallest absolute Gasteiger partial charge is 0.198 e. The van der Waals surface area contributed by atoms with Crippen molar-refractivity contribution in [2.75, 3.05) is 19.6 Å². The van der Waals surface area contributed by atoms with Crippen LogP contribution in [0.15, 0.2) is 24.3 Å². The van der Waals surface area contributed by atoms with Crippen LogP contribution in [0.4, 0.5) is 0 Å². The molecule has 0 aromatic heterocycles. The van der Waals surface area contributed by atoms with Crippen molar-refractivity contribution in [3.05, 3.63) is 35.4 Å². The Balaban J connectivity index is 0.00000161. The molecule has 0 amide bonds. The first-order chi connectivity index (χ1) is 9.74. The third kappa shape index (κ3) is 3.47. The summed E-state index contributed by atoms with van der Waals surface area (Å²) in [6.07, 6.45) is 3.26. The van der Waals surface area contributed by atoms with Gasteiger partial charge in [-0.1, -0.05) is 24.3 Å². The molecule has 114 valence electrons. The summed E-state index contributed by atoms with van der Waals surface area (Å²) in [5, 5.41) is 19.1. The van der Waals surface area contributed by atoms with Crippen LogP contribution in [0.2, 0.25) is 0 Å². The first kappa shape index (κ1) is 15.6. The van der Waals surface area contributed by atoms with Gasteiger partial charge >= 0.3 is 0 Å². The van der Waals surface area contributed by atoms with E-state index in [0.717, 1.165) is 45.4 Å². The van der Waals surface area contributed by atoms with Gasteiger partial charge in [-0.2, -0.15) is 0 Å². The van der Waals surface area contributed by atoms with Gasteiger partial charge in [-0.25, -0.2) is 0 Å². The molecule has 0 bridgehead atoms. The highest BCUT2D eigenvalue weighted by molar-refractivity contribution is 5.95. The van der Waals surface area contributed by atoms with Crippen LogP contribution in [0.1, 0.15) is 24.0 Å². The van der Waals surface area contributed by atoms with Gasteiger partial charge in [0.2, 0.25) is 0 Å². The average molecular weight is 308 g/mol. The quantitative estimate of drug-likeness (QED) is 0.507. The third-order valence-electron chi connectivity index (χ3n) is 4.11. The van der Waals surface area contributed by atoms with Crippen LogP contribution in [0.5, 0.6) is 0 Å². The van der Waals surface area contributed by atoms with E-state index < -0.39 is 0 Å². The zero-order valence-corrected chi connectivity index (χ0v) is 12.9. The molecule has 21 heavy (non-hydrogen) atoms. The molecule has 1 fully saturated rings. The molecule has 0 radical (unpaired) electrons. The number of guanidine groups is 2. The fraction of sp³-hybridized carbons (Fsp3) is 0.467. The summed E-state index contributed by atoms with van der Waals surface area (Å²) >= 11 is 0. The Bertz CT molecular complexity index is 525. The summed E-state index contributed by atoms with van der Waals surface area (Å²) < 4.78 is 0. The third-order valence-corrected chi connectivity index (χ3v) is 4.11. The van der Waals surface area contributed by atoms with Gasteiger partial charge in [-0.05, 0) is 30.4 Å². The van der Waals surface area contributed by atoms with Crippen molar-refractivity contribution in [3.63, 3.8) is 0 Å². The monoisotopic (exact) mass is 307 g/mol. The van der Waals surface area contributed by atoms with Gasteiger partial charge < -0.3 is 9.80 Å². The topological polar surface area (TPSA) is 66.2 Å². The molecule has 1 aromatic carbocycles. The number of nitrogens with one attached hydrogen (secondary N) is 3. The van der Waals surface area contributed by atoms with Gasteiger partial charge in [-0.15, -0.1) is 12.4 Å². The lowest BCUT2D eigenvalue weighted by molar-refractivity contribution is 0.379.